The summed E-state index contributed by atoms with van der Waals surface area (Å²) in [5, 5.41) is 0. The van der Waals surface area contributed by atoms with Crippen LogP contribution in [0.1, 0.15) is 56.1 Å². The molecule has 4 rings (SSSR count). The van der Waals surface area contributed by atoms with Crippen LogP contribution >= 0.6 is 0 Å². The van der Waals surface area contributed by atoms with Gasteiger partial charge in [0.25, 0.3) is 5.56 Å². The number of piperidine rings is 1. The molecule has 2 fully saturated rings. The Balaban J connectivity index is 1.21. The molecule has 1 aromatic carbocycles. The van der Waals surface area contributed by atoms with Gasteiger partial charge in [0.2, 0.25) is 0 Å². The number of ether oxygens (including phenoxy) is 1. The highest BCUT2D eigenvalue weighted by Crippen LogP contribution is 2.25. The first-order valence-electron chi connectivity index (χ1n) is 11.7. The Labute approximate surface area is 184 Å². The number of H-pyrrole nitrogens is 1. The fraction of sp³-hybridized carbons (Fsp3) is 0.500. The van der Waals surface area contributed by atoms with Gasteiger partial charge in [-0.05, 0) is 74.4 Å². The average Bonchev–Trinajstić information content (AvgIpc) is 2.81. The summed E-state index contributed by atoms with van der Waals surface area (Å²) in [7, 11) is 0. The smallest absolute Gasteiger partial charge is 0.252 e. The van der Waals surface area contributed by atoms with Gasteiger partial charge in [-0.3, -0.25) is 9.69 Å². The monoisotopic (exact) mass is 424 g/mol. The van der Waals surface area contributed by atoms with Gasteiger partial charge in [-0.2, -0.15) is 0 Å². The number of nitrogens with one attached hydrogen (secondary N) is 1. The van der Waals surface area contributed by atoms with Crippen LogP contribution in [0.5, 0.6) is 5.75 Å². The van der Waals surface area contributed by atoms with Crippen LogP contribution in [0.4, 0.5) is 4.39 Å². The normalized spacial score (nSPS) is 19.1. The molecule has 1 saturated carbocycles. The number of aromatic nitrogens is 1. The molecular weight excluding hydrogens is 391 g/mol. The molecule has 0 atom stereocenters. The van der Waals surface area contributed by atoms with Gasteiger partial charge in [-0.25, -0.2) is 4.39 Å². The number of allylic oxidation sites excluding steroid dienone is 1. The van der Waals surface area contributed by atoms with Crippen molar-refractivity contribution in [1.82, 2.24) is 9.88 Å². The Morgan fingerprint density at radius 2 is 1.81 bits per heavy atom. The van der Waals surface area contributed by atoms with Crippen LogP contribution in [-0.4, -0.2) is 29.6 Å². The van der Waals surface area contributed by atoms with Crippen molar-refractivity contribution < 1.29 is 9.13 Å². The molecule has 0 spiro atoms. The van der Waals surface area contributed by atoms with E-state index in [9.17, 15) is 9.18 Å². The molecule has 1 aromatic heterocycles. The van der Waals surface area contributed by atoms with Crippen LogP contribution < -0.4 is 10.3 Å². The molecule has 1 saturated heterocycles. The van der Waals surface area contributed by atoms with Crippen molar-refractivity contribution in [2.24, 2.45) is 11.8 Å². The summed E-state index contributed by atoms with van der Waals surface area (Å²) in [4.78, 5) is 16.5. The minimum Gasteiger partial charge on any atom is -0.493 e. The Kier molecular flexibility index (Phi) is 7.57. The zero-order valence-corrected chi connectivity index (χ0v) is 18.2. The number of nitrogens with zero attached hydrogens (tertiary/aromatic N) is 1. The second-order valence-electron chi connectivity index (χ2n) is 9.03. The maximum atomic E-state index is 13.4. The van der Waals surface area contributed by atoms with Gasteiger partial charge in [-0.1, -0.05) is 43.5 Å². The van der Waals surface area contributed by atoms with E-state index in [-0.39, 0.29) is 5.56 Å². The van der Waals surface area contributed by atoms with Crippen molar-refractivity contribution in [2.75, 3.05) is 19.7 Å². The minimum atomic E-state index is -0.391. The number of hydrogen-bond donors (Lipinski definition) is 1. The van der Waals surface area contributed by atoms with Crippen molar-refractivity contribution in [2.45, 2.75) is 51.5 Å². The van der Waals surface area contributed by atoms with Gasteiger partial charge in [0.1, 0.15) is 11.6 Å². The van der Waals surface area contributed by atoms with E-state index < -0.39 is 5.82 Å². The molecule has 2 aromatic rings. The fourth-order valence-corrected chi connectivity index (χ4v) is 4.65. The van der Waals surface area contributed by atoms with E-state index >= 15 is 0 Å². The van der Waals surface area contributed by atoms with Gasteiger partial charge >= 0.3 is 0 Å². The Morgan fingerprint density at radius 1 is 1.06 bits per heavy atom. The fourth-order valence-electron chi connectivity index (χ4n) is 4.65. The van der Waals surface area contributed by atoms with E-state index in [0.29, 0.717) is 18.0 Å². The van der Waals surface area contributed by atoms with Crippen LogP contribution in [-0.2, 0) is 6.54 Å². The topological polar surface area (TPSA) is 45.3 Å². The van der Waals surface area contributed by atoms with Crippen molar-refractivity contribution >= 4 is 6.08 Å². The van der Waals surface area contributed by atoms with Crippen LogP contribution in [0.2, 0.25) is 0 Å². The number of benzene rings is 1. The number of hydrogen-bond acceptors (Lipinski definition) is 3. The van der Waals surface area contributed by atoms with E-state index in [1.165, 1.54) is 43.7 Å². The SMILES string of the molecule is O=c1[nH]cc(F)cc1CN1CCC(C=Cc2ccc(OCC3CCCCC3)cc2)CC1. The van der Waals surface area contributed by atoms with E-state index in [1.807, 2.05) is 0 Å². The molecule has 4 nitrogen and oxygen atoms in total. The first-order chi connectivity index (χ1) is 15.2. The molecule has 2 heterocycles. The molecule has 0 amide bonds. The average molecular weight is 425 g/mol. The van der Waals surface area contributed by atoms with E-state index in [0.717, 1.165) is 50.4 Å². The van der Waals surface area contributed by atoms with Crippen LogP contribution in [0.25, 0.3) is 6.08 Å². The lowest BCUT2D eigenvalue weighted by Crippen LogP contribution is -2.34. The molecule has 2 aliphatic rings. The van der Waals surface area contributed by atoms with Crippen molar-refractivity contribution in [3.63, 3.8) is 0 Å². The molecule has 0 bridgehead atoms. The summed E-state index contributed by atoms with van der Waals surface area (Å²) in [6.45, 7) is 3.18. The highest BCUT2D eigenvalue weighted by molar-refractivity contribution is 5.50. The zero-order valence-electron chi connectivity index (χ0n) is 18.2. The second-order valence-corrected chi connectivity index (χ2v) is 9.03. The van der Waals surface area contributed by atoms with Crippen molar-refractivity contribution in [1.29, 1.82) is 0 Å². The van der Waals surface area contributed by atoms with Crippen molar-refractivity contribution in [3.05, 3.63) is 69.9 Å². The largest absolute Gasteiger partial charge is 0.493 e. The minimum absolute atomic E-state index is 0.199. The summed E-state index contributed by atoms with van der Waals surface area (Å²) in [5.41, 5.74) is 1.49. The summed E-state index contributed by atoms with van der Waals surface area (Å²) in [5.74, 6) is 1.82. The third-order valence-electron chi connectivity index (χ3n) is 6.62. The van der Waals surface area contributed by atoms with Crippen molar-refractivity contribution in [3.8, 4) is 5.75 Å². The van der Waals surface area contributed by atoms with Gasteiger partial charge < -0.3 is 9.72 Å². The zero-order chi connectivity index (χ0) is 21.5. The summed E-state index contributed by atoms with van der Waals surface area (Å²) < 4.78 is 19.4. The number of pyridine rings is 1. The molecule has 31 heavy (non-hydrogen) atoms. The predicted molar refractivity (Wildman–Crippen MR) is 123 cm³/mol. The highest BCUT2D eigenvalue weighted by Gasteiger charge is 2.18. The molecule has 166 valence electrons. The third-order valence-corrected chi connectivity index (χ3v) is 6.62. The number of halogens is 1. The van der Waals surface area contributed by atoms with Gasteiger partial charge in [0.05, 0.1) is 6.61 Å². The lowest BCUT2D eigenvalue weighted by Gasteiger charge is -2.30. The van der Waals surface area contributed by atoms with Crippen LogP contribution in [0.15, 0.2) is 47.4 Å². The number of likely N-dealkylation sites (tertiary alicyclic amines) is 1. The quantitative estimate of drug-likeness (QED) is 0.647. The standard InChI is InChI=1S/C26H33FN2O2/c27-24-16-23(26(30)28-17-24)18-29-14-12-21(13-15-29)7-6-20-8-10-25(11-9-20)31-19-22-4-2-1-3-5-22/h6-11,16-17,21-22H,1-5,12-15,18-19H2,(H,28,30). The molecule has 1 aliphatic carbocycles. The van der Waals surface area contributed by atoms with Gasteiger partial charge in [-0.15, -0.1) is 0 Å². The Bertz CT molecular complexity index is 908. The van der Waals surface area contributed by atoms with E-state index in [1.54, 1.807) is 0 Å². The first kappa shape index (κ1) is 21.8. The molecule has 0 radical (unpaired) electrons. The van der Waals surface area contributed by atoms with E-state index in [4.69, 9.17) is 4.74 Å². The molecule has 0 unspecified atom stereocenters. The maximum Gasteiger partial charge on any atom is 0.252 e. The molecule has 5 heteroatoms. The number of aromatic amines is 1. The van der Waals surface area contributed by atoms with Crippen LogP contribution in [0.3, 0.4) is 0 Å². The van der Waals surface area contributed by atoms with Crippen LogP contribution in [0, 0.1) is 17.7 Å². The summed E-state index contributed by atoms with van der Waals surface area (Å²) in [6.07, 6.45) is 14.4. The van der Waals surface area contributed by atoms with Gasteiger partial charge in [0, 0.05) is 18.3 Å². The van der Waals surface area contributed by atoms with E-state index in [2.05, 4.69) is 46.3 Å². The predicted octanol–water partition coefficient (Wildman–Crippen LogP) is 5.40. The second kappa shape index (κ2) is 10.8. The number of rotatable bonds is 7. The van der Waals surface area contributed by atoms with Gasteiger partial charge in [0.15, 0.2) is 0 Å². The molecule has 1 aliphatic heterocycles. The lowest BCUT2D eigenvalue weighted by molar-refractivity contribution is 0.195. The first-order valence-corrected chi connectivity index (χ1v) is 11.7. The molecular formula is C26H33FN2O2. The lowest BCUT2D eigenvalue weighted by atomic mass is 9.90. The Morgan fingerprint density at radius 3 is 2.55 bits per heavy atom. The third kappa shape index (κ3) is 6.54. The highest BCUT2D eigenvalue weighted by atomic mass is 19.1. The molecule has 1 N–H and O–H groups in total. The Hall–Kier alpha value is -2.40. The summed E-state index contributed by atoms with van der Waals surface area (Å²) >= 11 is 0. The maximum absolute atomic E-state index is 13.4. The summed E-state index contributed by atoms with van der Waals surface area (Å²) in [6, 6.07) is 9.73.